The summed E-state index contributed by atoms with van der Waals surface area (Å²) >= 11 is 4.92. The van der Waals surface area contributed by atoms with Gasteiger partial charge in [-0.25, -0.2) is 0 Å². The highest BCUT2D eigenvalue weighted by molar-refractivity contribution is 9.10. The van der Waals surface area contributed by atoms with Gasteiger partial charge >= 0.3 is 6.18 Å². The predicted octanol–water partition coefficient (Wildman–Crippen LogP) is 5.78. The van der Waals surface area contributed by atoms with E-state index in [1.165, 1.54) is 23.9 Å². The number of rotatable bonds is 4. The molecule has 2 aliphatic heterocycles. The van der Waals surface area contributed by atoms with Crippen LogP contribution in [0.4, 0.5) is 18.9 Å². The van der Waals surface area contributed by atoms with Crippen molar-refractivity contribution in [3.05, 3.63) is 51.5 Å². The molecule has 2 aromatic carbocycles. The first kappa shape index (κ1) is 23.7. The molecule has 30 heavy (non-hydrogen) atoms. The van der Waals surface area contributed by atoms with Crippen LogP contribution in [-0.4, -0.2) is 37.1 Å². The maximum Gasteiger partial charge on any atom is 0.416 e. The van der Waals surface area contributed by atoms with Crippen molar-refractivity contribution in [2.45, 2.75) is 41.3 Å². The summed E-state index contributed by atoms with van der Waals surface area (Å²) in [7, 11) is 0. The van der Waals surface area contributed by atoms with E-state index in [0.717, 1.165) is 53.0 Å². The second-order valence-electron chi connectivity index (χ2n) is 7.58. The molecule has 3 nitrogen and oxygen atoms in total. The predicted molar refractivity (Wildman–Crippen MR) is 122 cm³/mol. The normalized spacial score (nSPS) is 17.1. The number of likely N-dealkylation sites (tertiary alicyclic amines) is 1. The zero-order valence-electron chi connectivity index (χ0n) is 16.3. The number of hydrogen-bond donors (Lipinski definition) is 2. The highest BCUT2D eigenvalue weighted by Gasteiger charge is 2.34. The van der Waals surface area contributed by atoms with Gasteiger partial charge in [0.15, 0.2) is 0 Å². The fourth-order valence-corrected chi connectivity index (χ4v) is 5.54. The third kappa shape index (κ3) is 5.27. The Bertz CT molecular complexity index is 902. The van der Waals surface area contributed by atoms with Gasteiger partial charge in [-0.2, -0.15) is 13.2 Å². The van der Waals surface area contributed by atoms with E-state index in [1.807, 2.05) is 12.1 Å². The van der Waals surface area contributed by atoms with E-state index in [9.17, 15) is 13.2 Å². The zero-order valence-corrected chi connectivity index (χ0v) is 19.5. The van der Waals surface area contributed by atoms with E-state index in [2.05, 4.69) is 32.2 Å². The van der Waals surface area contributed by atoms with Crippen LogP contribution in [0.15, 0.2) is 44.6 Å². The highest BCUT2D eigenvalue weighted by atomic mass is 79.9. The van der Waals surface area contributed by atoms with Gasteiger partial charge in [0.05, 0.1) is 5.56 Å². The molecule has 0 aliphatic carbocycles. The fourth-order valence-electron chi connectivity index (χ4n) is 4.01. The summed E-state index contributed by atoms with van der Waals surface area (Å²) < 4.78 is 41.6. The fraction of sp³-hybridized carbons (Fsp3) is 0.429. The van der Waals surface area contributed by atoms with Crippen LogP contribution in [0.3, 0.4) is 0 Å². The van der Waals surface area contributed by atoms with Crippen molar-refractivity contribution in [1.82, 2.24) is 4.90 Å². The van der Waals surface area contributed by atoms with Gasteiger partial charge in [-0.1, -0.05) is 27.7 Å². The van der Waals surface area contributed by atoms with Crippen molar-refractivity contribution in [3.8, 4) is 0 Å². The van der Waals surface area contributed by atoms with E-state index in [0.29, 0.717) is 23.5 Å². The molecule has 3 N–H and O–H groups in total. The number of halogens is 5. The molecule has 164 valence electrons. The summed E-state index contributed by atoms with van der Waals surface area (Å²) in [6.45, 7) is 3.33. The Morgan fingerprint density at radius 1 is 1.13 bits per heavy atom. The molecule has 0 unspecified atom stereocenters. The van der Waals surface area contributed by atoms with Gasteiger partial charge in [0.25, 0.3) is 0 Å². The lowest BCUT2D eigenvalue weighted by molar-refractivity contribution is -0.137. The molecule has 2 aliphatic rings. The van der Waals surface area contributed by atoms with Crippen LogP contribution < -0.4 is 11.1 Å². The van der Waals surface area contributed by atoms with Crippen molar-refractivity contribution < 1.29 is 13.2 Å². The van der Waals surface area contributed by atoms with Crippen LogP contribution in [0.2, 0.25) is 0 Å². The van der Waals surface area contributed by atoms with Crippen LogP contribution in [-0.2, 0) is 12.6 Å². The van der Waals surface area contributed by atoms with Crippen LogP contribution in [0, 0.1) is 0 Å². The third-order valence-corrected chi connectivity index (χ3v) is 7.23. The number of hydrogen-bond acceptors (Lipinski definition) is 4. The Morgan fingerprint density at radius 2 is 1.87 bits per heavy atom. The maximum atomic E-state index is 13.5. The Morgan fingerprint density at radius 3 is 2.53 bits per heavy atom. The van der Waals surface area contributed by atoms with Gasteiger partial charge < -0.3 is 16.0 Å². The number of piperidine rings is 1. The summed E-state index contributed by atoms with van der Waals surface area (Å²) in [6, 6.07) is 8.70. The average molecular weight is 523 g/mol. The molecule has 0 aromatic heterocycles. The molecule has 9 heteroatoms. The van der Waals surface area contributed by atoms with Crippen molar-refractivity contribution in [2.24, 2.45) is 5.73 Å². The Kier molecular flexibility index (Phi) is 7.66. The molecule has 0 radical (unpaired) electrons. The topological polar surface area (TPSA) is 41.3 Å². The monoisotopic (exact) mass is 521 g/mol. The standard InChI is InChI=1S/C21H23BrF3N3S.ClH/c22-15-1-2-19-13(9-15)10-17-18(11-14(21(23,24)25)12-20(17)29-19)27-16-3-6-28(7-4-16)8-5-26;/h1-2,9,11-12,16,27H,3-8,10,26H2;1H. The van der Waals surface area contributed by atoms with E-state index in [4.69, 9.17) is 5.73 Å². The van der Waals surface area contributed by atoms with Crippen LogP contribution >= 0.6 is 40.1 Å². The summed E-state index contributed by atoms with van der Waals surface area (Å²) in [6.07, 6.45) is -1.93. The minimum absolute atomic E-state index is 0. The van der Waals surface area contributed by atoms with Gasteiger partial charge in [0, 0.05) is 58.6 Å². The Labute approximate surface area is 193 Å². The molecule has 0 saturated carbocycles. The molecule has 4 rings (SSSR count). The number of anilines is 1. The quantitative estimate of drug-likeness (QED) is 0.456. The largest absolute Gasteiger partial charge is 0.416 e. The molecular formula is C21H24BrClF3N3S. The van der Waals surface area contributed by atoms with Crippen LogP contribution in [0.5, 0.6) is 0 Å². The van der Waals surface area contributed by atoms with Gasteiger partial charge in [0.1, 0.15) is 0 Å². The first-order valence-electron chi connectivity index (χ1n) is 9.73. The summed E-state index contributed by atoms with van der Waals surface area (Å²) in [5.74, 6) is 0. The van der Waals surface area contributed by atoms with E-state index >= 15 is 0 Å². The average Bonchev–Trinajstić information content (AvgIpc) is 2.67. The van der Waals surface area contributed by atoms with Gasteiger partial charge in [-0.05, 0) is 54.3 Å². The van der Waals surface area contributed by atoms with E-state index in [1.54, 1.807) is 0 Å². The van der Waals surface area contributed by atoms with E-state index in [-0.39, 0.29) is 18.4 Å². The van der Waals surface area contributed by atoms with Gasteiger partial charge in [-0.15, -0.1) is 12.4 Å². The van der Waals surface area contributed by atoms with Crippen molar-refractivity contribution in [1.29, 1.82) is 0 Å². The lowest BCUT2D eigenvalue weighted by atomic mass is 9.98. The Hall–Kier alpha value is -0.930. The first-order chi connectivity index (χ1) is 13.8. The van der Waals surface area contributed by atoms with Gasteiger partial charge in [-0.3, -0.25) is 0 Å². The minimum atomic E-state index is -4.36. The molecule has 0 atom stereocenters. The molecule has 0 amide bonds. The number of alkyl halides is 3. The first-order valence-corrected chi connectivity index (χ1v) is 11.3. The molecule has 2 aromatic rings. The number of nitrogens with zero attached hydrogens (tertiary/aromatic N) is 1. The second-order valence-corrected chi connectivity index (χ2v) is 9.58. The van der Waals surface area contributed by atoms with Crippen molar-refractivity contribution in [2.75, 3.05) is 31.5 Å². The minimum Gasteiger partial charge on any atom is -0.382 e. The Balaban J connectivity index is 0.00000256. The molecule has 1 fully saturated rings. The van der Waals surface area contributed by atoms with Crippen LogP contribution in [0.1, 0.15) is 29.5 Å². The lowest BCUT2D eigenvalue weighted by Gasteiger charge is -2.34. The number of benzene rings is 2. The molecule has 2 heterocycles. The lowest BCUT2D eigenvalue weighted by Crippen LogP contribution is -2.41. The SMILES string of the molecule is Cl.NCCN1CCC(Nc2cc(C(F)(F)F)cc3c2Cc2cc(Br)ccc2S3)CC1. The smallest absolute Gasteiger partial charge is 0.382 e. The molecule has 0 spiro atoms. The molecule has 1 saturated heterocycles. The van der Waals surface area contributed by atoms with Crippen molar-refractivity contribution in [3.63, 3.8) is 0 Å². The maximum absolute atomic E-state index is 13.5. The number of fused-ring (bicyclic) bond motifs is 2. The van der Waals surface area contributed by atoms with Crippen molar-refractivity contribution >= 4 is 45.8 Å². The molecular weight excluding hydrogens is 499 g/mol. The summed E-state index contributed by atoms with van der Waals surface area (Å²) in [4.78, 5) is 4.02. The van der Waals surface area contributed by atoms with Crippen LogP contribution in [0.25, 0.3) is 0 Å². The number of nitrogens with one attached hydrogen (secondary N) is 1. The second kappa shape index (κ2) is 9.69. The van der Waals surface area contributed by atoms with Gasteiger partial charge in [0.2, 0.25) is 0 Å². The third-order valence-electron chi connectivity index (χ3n) is 5.54. The number of nitrogens with two attached hydrogens (primary N) is 1. The zero-order chi connectivity index (χ0) is 20.6. The summed E-state index contributed by atoms with van der Waals surface area (Å²) in [5, 5.41) is 3.45. The summed E-state index contributed by atoms with van der Waals surface area (Å²) in [5.41, 5.74) is 7.75. The van der Waals surface area contributed by atoms with E-state index < -0.39 is 11.7 Å². The highest BCUT2D eigenvalue weighted by Crippen LogP contribution is 2.46. The molecule has 0 bridgehead atoms.